The Bertz CT molecular complexity index is 3280. The Balaban J connectivity index is 0.000000266. The van der Waals surface area contributed by atoms with Crippen LogP contribution in [0.2, 0.25) is 5.15 Å². The predicted molar refractivity (Wildman–Crippen MR) is 296 cm³/mol. The van der Waals surface area contributed by atoms with Crippen LogP contribution in [0, 0.1) is 0 Å². The van der Waals surface area contributed by atoms with E-state index in [1.807, 2.05) is 94.4 Å². The van der Waals surface area contributed by atoms with E-state index in [-0.39, 0.29) is 57.3 Å². The Labute approximate surface area is 432 Å². The van der Waals surface area contributed by atoms with E-state index in [1.165, 1.54) is 30.3 Å². The molecule has 0 aliphatic carbocycles. The number of anilines is 7. The standard InChI is InChI=1S/C24H24N6O3S.C18H18ClN5O3S.C6H7N.2C2H6/c1-30(2)16-22(31)25-18-11-8-12-19(15-18)34(32,33)29-24-23(26-17-9-4-3-5-10-17)27-20-13-6-7-14-21(20)28-24;1-24(2)11-16(25)20-12-6-5-7-13(10-12)28(26,27)23-18-17(19)21-14-8-3-4-9-15(14)22-18;7-6-4-2-1-3-5-6;2*1-2/h3-15H,16H2,1-2H3,(H,25,31)(H,26,27)(H,28,29);3-10H,11H2,1-2H3,(H,20,25)(H,22,23);1-5H,7H2;2*1-2H3. The monoisotopic (exact) mass is 1050 g/mol. The summed E-state index contributed by atoms with van der Waals surface area (Å²) in [5.41, 5.74) is 9.89. The third-order valence-corrected chi connectivity index (χ3v) is 12.1. The molecule has 8 rings (SSSR count). The number of amides is 2. The highest BCUT2D eigenvalue weighted by Crippen LogP contribution is 2.28. The maximum absolute atomic E-state index is 13.2. The lowest BCUT2D eigenvalue weighted by atomic mass is 10.3. The average molecular weight is 1050 g/mol. The lowest BCUT2D eigenvalue weighted by molar-refractivity contribution is -0.117. The summed E-state index contributed by atoms with van der Waals surface area (Å²) >= 11 is 6.08. The van der Waals surface area contributed by atoms with Gasteiger partial charge in [0.15, 0.2) is 22.6 Å². The van der Waals surface area contributed by atoms with Crippen molar-refractivity contribution < 1.29 is 26.4 Å². The second-order valence-electron chi connectivity index (χ2n) is 15.5. The molecule has 0 aliphatic rings. The fourth-order valence-electron chi connectivity index (χ4n) is 6.14. The van der Waals surface area contributed by atoms with Crippen LogP contribution in [0.1, 0.15) is 27.7 Å². The van der Waals surface area contributed by atoms with E-state index in [0.29, 0.717) is 33.4 Å². The van der Waals surface area contributed by atoms with Gasteiger partial charge in [-0.15, -0.1) is 0 Å². The van der Waals surface area contributed by atoms with E-state index >= 15 is 0 Å². The molecular weight excluding hydrogens is 988 g/mol. The van der Waals surface area contributed by atoms with Crippen molar-refractivity contribution in [1.82, 2.24) is 29.7 Å². The van der Waals surface area contributed by atoms with Gasteiger partial charge >= 0.3 is 0 Å². The van der Waals surface area contributed by atoms with E-state index in [2.05, 4.69) is 45.3 Å². The van der Waals surface area contributed by atoms with Crippen LogP contribution >= 0.6 is 11.6 Å². The van der Waals surface area contributed by atoms with Crippen LogP contribution in [0.15, 0.2) is 168 Å². The molecular formula is C52H61ClN12O6S2. The smallest absolute Gasteiger partial charge is 0.263 e. The number of nitrogens with zero attached hydrogens (tertiary/aromatic N) is 6. The van der Waals surface area contributed by atoms with Gasteiger partial charge in [-0.2, -0.15) is 0 Å². The molecule has 0 radical (unpaired) electrons. The van der Waals surface area contributed by atoms with Crippen molar-refractivity contribution in [2.75, 3.05) is 72.4 Å². The number of rotatable bonds is 14. The minimum absolute atomic E-state index is 0.0178. The molecule has 8 aromatic rings. The van der Waals surface area contributed by atoms with Crippen LogP contribution in [-0.4, -0.2) is 99.7 Å². The maximum atomic E-state index is 13.2. The quantitative estimate of drug-likeness (QED) is 0.0556. The summed E-state index contributed by atoms with van der Waals surface area (Å²) in [7, 11) is -0.944. The number of nitrogen functional groups attached to an aromatic ring is 1. The molecule has 7 N–H and O–H groups in total. The number of hydrogen-bond acceptors (Lipinski definition) is 14. The minimum Gasteiger partial charge on any atom is -0.399 e. The number of nitrogens with one attached hydrogen (secondary N) is 5. The number of aromatic nitrogens is 4. The predicted octanol–water partition coefficient (Wildman–Crippen LogP) is 9.58. The summed E-state index contributed by atoms with van der Waals surface area (Å²) in [6.07, 6.45) is 0. The minimum atomic E-state index is -4.03. The molecule has 0 saturated heterocycles. The van der Waals surface area contributed by atoms with Gasteiger partial charge in [0.25, 0.3) is 20.0 Å². The summed E-state index contributed by atoms with van der Waals surface area (Å²) < 4.78 is 56.9. The first-order valence-corrected chi connectivity index (χ1v) is 26.2. The third kappa shape index (κ3) is 18.4. The first kappa shape index (κ1) is 57.8. The largest absolute Gasteiger partial charge is 0.399 e. The van der Waals surface area contributed by atoms with Crippen molar-refractivity contribution in [3.05, 3.63) is 163 Å². The molecule has 0 fully saturated rings. The molecule has 73 heavy (non-hydrogen) atoms. The van der Waals surface area contributed by atoms with E-state index in [4.69, 9.17) is 17.3 Å². The molecule has 6 aromatic carbocycles. The Morgan fingerprint density at radius 3 is 1.25 bits per heavy atom. The van der Waals surface area contributed by atoms with Gasteiger partial charge in [0, 0.05) is 22.7 Å². The second kappa shape index (κ2) is 28.3. The van der Waals surface area contributed by atoms with Crippen molar-refractivity contribution in [2.45, 2.75) is 37.5 Å². The number of carbonyl (C=O) groups is 2. The number of carbonyl (C=O) groups excluding carboxylic acids is 2. The first-order chi connectivity index (χ1) is 34.9. The van der Waals surface area contributed by atoms with E-state index in [1.54, 1.807) is 98.7 Å². The third-order valence-electron chi connectivity index (χ3n) is 9.17. The van der Waals surface area contributed by atoms with Gasteiger partial charge in [-0.05, 0) is 113 Å². The zero-order chi connectivity index (χ0) is 53.6. The van der Waals surface area contributed by atoms with Gasteiger partial charge in [0.1, 0.15) is 0 Å². The number of sulfonamides is 2. The Morgan fingerprint density at radius 2 is 0.836 bits per heavy atom. The topological polar surface area (TPSA) is 247 Å². The Morgan fingerprint density at radius 1 is 0.479 bits per heavy atom. The van der Waals surface area contributed by atoms with Crippen molar-refractivity contribution in [3.8, 4) is 0 Å². The second-order valence-corrected chi connectivity index (χ2v) is 19.2. The number of benzene rings is 6. The van der Waals surface area contributed by atoms with Crippen molar-refractivity contribution in [3.63, 3.8) is 0 Å². The summed E-state index contributed by atoms with van der Waals surface area (Å²) in [4.78, 5) is 44.8. The first-order valence-electron chi connectivity index (χ1n) is 22.9. The summed E-state index contributed by atoms with van der Waals surface area (Å²) in [5.74, 6) is -0.242. The van der Waals surface area contributed by atoms with Crippen LogP contribution in [0.4, 0.5) is 40.2 Å². The SMILES string of the molecule is CC.CC.CN(C)CC(=O)Nc1cccc(S(=O)(=O)Nc2nc3ccccc3nc2Cl)c1.CN(C)CC(=O)Nc1cccc(S(=O)(=O)Nc2nc3ccccc3nc2Nc2ccccc2)c1.Nc1ccccc1. The number of fused-ring (bicyclic) bond motifs is 2. The Hall–Kier alpha value is -7.75. The summed E-state index contributed by atoms with van der Waals surface area (Å²) in [6, 6.07) is 44.9. The molecule has 384 valence electrons. The molecule has 0 aliphatic heterocycles. The van der Waals surface area contributed by atoms with Crippen molar-refractivity contribution in [1.29, 1.82) is 0 Å². The van der Waals surface area contributed by atoms with E-state index < -0.39 is 20.0 Å². The van der Waals surface area contributed by atoms with Crippen LogP contribution in [-0.2, 0) is 29.6 Å². The fourth-order valence-corrected chi connectivity index (χ4v) is 8.49. The van der Waals surface area contributed by atoms with Crippen molar-refractivity contribution >= 4 is 106 Å². The number of hydrogen-bond donors (Lipinski definition) is 6. The molecule has 18 nitrogen and oxygen atoms in total. The van der Waals surface area contributed by atoms with Gasteiger partial charge in [0.2, 0.25) is 11.8 Å². The van der Waals surface area contributed by atoms with Crippen LogP contribution in [0.5, 0.6) is 0 Å². The lowest BCUT2D eigenvalue weighted by Crippen LogP contribution is -2.27. The molecule has 0 atom stereocenters. The van der Waals surface area contributed by atoms with Crippen LogP contribution < -0.4 is 31.1 Å². The normalized spacial score (nSPS) is 10.7. The number of likely N-dealkylation sites (N-methyl/N-ethyl adjacent to an activating group) is 2. The maximum Gasteiger partial charge on any atom is 0.263 e. The molecule has 2 aromatic heterocycles. The number of nitrogens with two attached hydrogens (primary N) is 1. The van der Waals surface area contributed by atoms with Gasteiger partial charge in [-0.1, -0.05) is 112 Å². The molecule has 0 bridgehead atoms. The summed E-state index contributed by atoms with van der Waals surface area (Å²) in [5, 5.41) is 8.44. The van der Waals surface area contributed by atoms with Gasteiger partial charge in [-0.3, -0.25) is 19.0 Å². The van der Waals surface area contributed by atoms with E-state index in [9.17, 15) is 26.4 Å². The van der Waals surface area contributed by atoms with Crippen LogP contribution in [0.25, 0.3) is 22.1 Å². The zero-order valence-electron chi connectivity index (χ0n) is 41.8. The van der Waals surface area contributed by atoms with E-state index in [0.717, 1.165) is 11.4 Å². The number of halogens is 1. The highest BCUT2D eigenvalue weighted by molar-refractivity contribution is 7.93. The molecule has 21 heteroatoms. The van der Waals surface area contributed by atoms with Gasteiger partial charge in [0.05, 0.1) is 44.9 Å². The highest BCUT2D eigenvalue weighted by Gasteiger charge is 2.21. The number of para-hydroxylation sites is 6. The Kier molecular flexibility index (Phi) is 22.4. The molecule has 0 spiro atoms. The van der Waals surface area contributed by atoms with Gasteiger partial charge < -0.3 is 31.5 Å². The lowest BCUT2D eigenvalue weighted by Gasteiger charge is -2.15. The highest BCUT2D eigenvalue weighted by atomic mass is 35.5. The van der Waals surface area contributed by atoms with Crippen molar-refractivity contribution in [2.24, 2.45) is 0 Å². The fraction of sp³-hybridized carbons (Fsp3) is 0.192. The van der Waals surface area contributed by atoms with Crippen LogP contribution in [0.3, 0.4) is 0 Å². The molecule has 2 amide bonds. The molecule has 0 unspecified atom stereocenters. The average Bonchev–Trinajstić information content (AvgIpc) is 3.36. The molecule has 2 heterocycles. The zero-order valence-corrected chi connectivity index (χ0v) is 44.2. The summed E-state index contributed by atoms with van der Waals surface area (Å²) in [6.45, 7) is 8.36. The van der Waals surface area contributed by atoms with Gasteiger partial charge in [-0.25, -0.2) is 36.8 Å². The molecule has 0 saturated carbocycles.